The van der Waals surface area contributed by atoms with E-state index in [9.17, 15) is 4.79 Å². The summed E-state index contributed by atoms with van der Waals surface area (Å²) >= 11 is 6.56. The van der Waals surface area contributed by atoms with Crippen LogP contribution < -0.4 is 19.5 Å². The SMILES string of the molecule is COc1cccc(CCNC(=O)[C@H]2CC23CCN(Cc2ccc(OC)c(OC)c2Cl)CC3)c1. The minimum atomic E-state index is 0.148. The molecule has 1 aliphatic carbocycles. The third-order valence-corrected chi connectivity index (χ3v) is 7.58. The smallest absolute Gasteiger partial charge is 0.223 e. The van der Waals surface area contributed by atoms with Gasteiger partial charge in [0.1, 0.15) is 5.75 Å². The number of piperidine rings is 1. The standard InChI is InChI=1S/C26H33ClN2O4/c1-31-20-6-4-5-18(15-20)9-12-28-25(30)21-16-26(21)10-13-29(14-11-26)17-19-7-8-22(32-2)24(33-3)23(19)27/h4-8,15,21H,9-14,16-17H2,1-3H3,(H,28,30)/t21-/m1/s1. The number of carbonyl (C=O) groups is 1. The monoisotopic (exact) mass is 472 g/mol. The molecule has 2 aromatic carbocycles. The topological polar surface area (TPSA) is 60.0 Å². The van der Waals surface area contributed by atoms with E-state index in [0.29, 0.717) is 23.1 Å². The molecule has 1 N–H and O–H groups in total. The van der Waals surface area contributed by atoms with E-state index in [1.165, 1.54) is 5.56 Å². The van der Waals surface area contributed by atoms with Crippen molar-refractivity contribution in [2.24, 2.45) is 11.3 Å². The summed E-state index contributed by atoms with van der Waals surface area (Å²) in [6, 6.07) is 11.9. The highest BCUT2D eigenvalue weighted by Gasteiger charge is 2.58. The lowest BCUT2D eigenvalue weighted by atomic mass is 9.90. The fraction of sp³-hybridized carbons (Fsp3) is 0.500. The van der Waals surface area contributed by atoms with Crippen molar-refractivity contribution in [1.82, 2.24) is 10.2 Å². The van der Waals surface area contributed by atoms with E-state index >= 15 is 0 Å². The number of hydrogen-bond acceptors (Lipinski definition) is 5. The van der Waals surface area contributed by atoms with Crippen LogP contribution in [0, 0.1) is 11.3 Å². The molecule has 1 amide bonds. The molecule has 1 atom stereocenters. The van der Waals surface area contributed by atoms with E-state index in [1.54, 1.807) is 21.3 Å². The quantitative estimate of drug-likeness (QED) is 0.588. The van der Waals surface area contributed by atoms with E-state index in [0.717, 1.165) is 56.6 Å². The van der Waals surface area contributed by atoms with E-state index in [4.69, 9.17) is 25.8 Å². The number of rotatable bonds is 9. The van der Waals surface area contributed by atoms with Crippen LogP contribution in [0.4, 0.5) is 0 Å². The lowest BCUT2D eigenvalue weighted by molar-refractivity contribution is -0.123. The van der Waals surface area contributed by atoms with Crippen LogP contribution in [-0.2, 0) is 17.8 Å². The Morgan fingerprint density at radius 1 is 1.12 bits per heavy atom. The summed E-state index contributed by atoms with van der Waals surface area (Å²) in [6.07, 6.45) is 3.91. The van der Waals surface area contributed by atoms with Crippen LogP contribution in [0.3, 0.4) is 0 Å². The number of hydrogen-bond donors (Lipinski definition) is 1. The average molecular weight is 473 g/mol. The number of ether oxygens (including phenoxy) is 3. The zero-order valence-electron chi connectivity index (χ0n) is 19.7. The first-order chi connectivity index (χ1) is 16.0. The average Bonchev–Trinajstić information content (AvgIpc) is 3.55. The molecule has 4 rings (SSSR count). The third kappa shape index (κ3) is 5.22. The normalized spacial score (nSPS) is 19.2. The van der Waals surface area contributed by atoms with Gasteiger partial charge in [-0.2, -0.15) is 0 Å². The highest BCUT2D eigenvalue weighted by molar-refractivity contribution is 6.33. The number of nitrogens with zero attached hydrogens (tertiary/aromatic N) is 1. The number of amides is 1. The maximum absolute atomic E-state index is 12.7. The van der Waals surface area contributed by atoms with Crippen LogP contribution in [0.15, 0.2) is 36.4 Å². The fourth-order valence-corrected chi connectivity index (χ4v) is 5.29. The molecule has 0 radical (unpaired) electrons. The number of methoxy groups -OCH3 is 3. The molecular weight excluding hydrogens is 440 g/mol. The van der Waals surface area contributed by atoms with Crippen LogP contribution in [-0.4, -0.2) is 51.8 Å². The predicted molar refractivity (Wildman–Crippen MR) is 129 cm³/mol. The number of halogens is 1. The van der Waals surface area contributed by atoms with Gasteiger partial charge in [-0.3, -0.25) is 9.69 Å². The molecule has 2 aliphatic rings. The summed E-state index contributed by atoms with van der Waals surface area (Å²) in [5, 5.41) is 3.76. The van der Waals surface area contributed by atoms with E-state index in [2.05, 4.69) is 16.3 Å². The zero-order valence-corrected chi connectivity index (χ0v) is 20.4. The predicted octanol–water partition coefficient (Wildman–Crippen LogP) is 4.33. The van der Waals surface area contributed by atoms with Crippen LogP contribution in [0.25, 0.3) is 0 Å². The first kappa shape index (κ1) is 23.7. The number of carbonyl (C=O) groups excluding carboxylic acids is 1. The first-order valence-corrected chi connectivity index (χ1v) is 11.9. The molecule has 6 nitrogen and oxygen atoms in total. The molecule has 0 aromatic heterocycles. The lowest BCUT2D eigenvalue weighted by Gasteiger charge is -2.33. The summed E-state index contributed by atoms with van der Waals surface area (Å²) < 4.78 is 16.0. The van der Waals surface area contributed by atoms with Crippen LogP contribution in [0.5, 0.6) is 17.2 Å². The Hall–Kier alpha value is -2.44. The van der Waals surface area contributed by atoms with Crippen molar-refractivity contribution < 1.29 is 19.0 Å². The second-order valence-corrected chi connectivity index (χ2v) is 9.44. The summed E-state index contributed by atoms with van der Waals surface area (Å²) in [7, 11) is 4.88. The zero-order chi connectivity index (χ0) is 23.4. The molecule has 0 bridgehead atoms. The van der Waals surface area contributed by atoms with Gasteiger partial charge in [0.25, 0.3) is 0 Å². The highest BCUT2D eigenvalue weighted by Crippen LogP contribution is 2.59. The van der Waals surface area contributed by atoms with Crippen LogP contribution in [0.2, 0.25) is 5.02 Å². The Bertz CT molecular complexity index is 988. The van der Waals surface area contributed by atoms with Crippen molar-refractivity contribution in [3.05, 3.63) is 52.5 Å². The van der Waals surface area contributed by atoms with Crippen molar-refractivity contribution in [2.75, 3.05) is 41.0 Å². The molecule has 2 aromatic rings. The largest absolute Gasteiger partial charge is 0.497 e. The van der Waals surface area contributed by atoms with Gasteiger partial charge in [0.05, 0.1) is 26.4 Å². The van der Waals surface area contributed by atoms with Gasteiger partial charge < -0.3 is 19.5 Å². The maximum atomic E-state index is 12.7. The van der Waals surface area contributed by atoms with Crippen molar-refractivity contribution in [3.63, 3.8) is 0 Å². The minimum absolute atomic E-state index is 0.148. The minimum Gasteiger partial charge on any atom is -0.497 e. The first-order valence-electron chi connectivity index (χ1n) is 11.5. The van der Waals surface area contributed by atoms with E-state index in [1.807, 2.05) is 30.3 Å². The fourth-order valence-electron chi connectivity index (χ4n) is 5.00. The number of benzene rings is 2. The molecular formula is C26H33ClN2O4. The summed E-state index contributed by atoms with van der Waals surface area (Å²) in [4.78, 5) is 15.2. The van der Waals surface area contributed by atoms with E-state index in [-0.39, 0.29) is 17.2 Å². The molecule has 33 heavy (non-hydrogen) atoms. The van der Waals surface area contributed by atoms with Crippen molar-refractivity contribution in [2.45, 2.75) is 32.2 Å². The van der Waals surface area contributed by atoms with Crippen molar-refractivity contribution in [3.8, 4) is 17.2 Å². The highest BCUT2D eigenvalue weighted by atomic mass is 35.5. The van der Waals surface area contributed by atoms with Crippen LogP contribution in [0.1, 0.15) is 30.4 Å². The van der Waals surface area contributed by atoms with Gasteiger partial charge in [-0.25, -0.2) is 0 Å². The Labute approximate surface area is 201 Å². The summed E-state index contributed by atoms with van der Waals surface area (Å²) in [6.45, 7) is 3.37. The van der Waals surface area contributed by atoms with Gasteiger partial charge in [0.15, 0.2) is 11.5 Å². The van der Waals surface area contributed by atoms with Crippen molar-refractivity contribution in [1.29, 1.82) is 0 Å². The Morgan fingerprint density at radius 2 is 1.91 bits per heavy atom. The van der Waals surface area contributed by atoms with Gasteiger partial charge in [0, 0.05) is 19.0 Å². The Balaban J connectivity index is 1.24. The third-order valence-electron chi connectivity index (χ3n) is 7.16. The van der Waals surface area contributed by atoms with Crippen LogP contribution >= 0.6 is 11.6 Å². The molecule has 1 aliphatic heterocycles. The van der Waals surface area contributed by atoms with Gasteiger partial charge in [-0.05, 0) is 73.5 Å². The van der Waals surface area contributed by atoms with Gasteiger partial charge in [-0.15, -0.1) is 0 Å². The molecule has 0 unspecified atom stereocenters. The number of nitrogens with one attached hydrogen (secondary N) is 1. The second kappa shape index (κ2) is 10.2. The molecule has 2 fully saturated rings. The number of likely N-dealkylation sites (tertiary alicyclic amines) is 1. The lowest BCUT2D eigenvalue weighted by Crippen LogP contribution is -2.37. The molecule has 1 saturated heterocycles. The van der Waals surface area contributed by atoms with Gasteiger partial charge in [0.2, 0.25) is 5.91 Å². The maximum Gasteiger partial charge on any atom is 0.223 e. The molecule has 1 spiro atoms. The second-order valence-electron chi connectivity index (χ2n) is 9.06. The summed E-state index contributed by atoms with van der Waals surface area (Å²) in [5.74, 6) is 2.42. The molecule has 178 valence electrons. The summed E-state index contributed by atoms with van der Waals surface area (Å²) in [5.41, 5.74) is 2.38. The Kier molecular flexibility index (Phi) is 7.35. The Morgan fingerprint density at radius 3 is 2.61 bits per heavy atom. The van der Waals surface area contributed by atoms with Crippen molar-refractivity contribution >= 4 is 17.5 Å². The molecule has 1 saturated carbocycles. The van der Waals surface area contributed by atoms with Gasteiger partial charge in [-0.1, -0.05) is 29.8 Å². The molecule has 1 heterocycles. The van der Waals surface area contributed by atoms with E-state index < -0.39 is 0 Å². The van der Waals surface area contributed by atoms with Gasteiger partial charge >= 0.3 is 0 Å². The molecule has 7 heteroatoms.